The molecule has 0 aromatic rings. The van der Waals surface area contributed by atoms with Crippen LogP contribution in [0.5, 0.6) is 0 Å². The van der Waals surface area contributed by atoms with Crippen molar-refractivity contribution in [3.05, 3.63) is 0 Å². The summed E-state index contributed by atoms with van der Waals surface area (Å²) in [5, 5.41) is 14.0. The molecule has 134 valence electrons. The maximum absolute atomic E-state index is 12.0. The van der Waals surface area contributed by atoms with E-state index >= 15 is 0 Å². The Morgan fingerprint density at radius 3 is 2.30 bits per heavy atom. The van der Waals surface area contributed by atoms with Crippen LogP contribution >= 0.6 is 11.8 Å². The number of nitrogens with one attached hydrogen (secondary N) is 2. The minimum Gasteiger partial charge on any atom is -0.480 e. The van der Waals surface area contributed by atoms with E-state index in [-0.39, 0.29) is 0 Å². The number of nitrogens with two attached hydrogens (primary N) is 2. The summed E-state index contributed by atoms with van der Waals surface area (Å²) in [6.07, 6.45) is 4.19. The summed E-state index contributed by atoms with van der Waals surface area (Å²) >= 11 is 1.50. The van der Waals surface area contributed by atoms with Gasteiger partial charge in [0.25, 0.3) is 0 Å². The van der Waals surface area contributed by atoms with Gasteiger partial charge in [-0.05, 0) is 44.7 Å². The third kappa shape index (κ3) is 9.42. The molecule has 0 radical (unpaired) electrons. The molecule has 0 aromatic heterocycles. The van der Waals surface area contributed by atoms with Crippen LogP contribution in [0.25, 0.3) is 0 Å². The highest BCUT2D eigenvalue weighted by Crippen LogP contribution is 2.02. The van der Waals surface area contributed by atoms with Gasteiger partial charge in [-0.2, -0.15) is 11.8 Å². The molecule has 0 aliphatic heterocycles. The molecule has 2 amide bonds. The molecule has 3 atom stereocenters. The minimum atomic E-state index is -1.09. The van der Waals surface area contributed by atoms with Gasteiger partial charge in [0, 0.05) is 0 Å². The molecular formula is C14H28N4O4S. The number of unbranched alkanes of at least 4 members (excludes halogenated alkanes) is 1. The molecule has 0 saturated heterocycles. The third-order valence-corrected chi connectivity index (χ3v) is 3.93. The Bertz CT molecular complexity index is 395. The second-order valence-electron chi connectivity index (χ2n) is 5.30. The van der Waals surface area contributed by atoms with Crippen molar-refractivity contribution in [2.75, 3.05) is 18.6 Å². The van der Waals surface area contributed by atoms with E-state index in [9.17, 15) is 14.4 Å². The summed E-state index contributed by atoms with van der Waals surface area (Å²) in [6.45, 7) is 2.03. The third-order valence-electron chi connectivity index (χ3n) is 3.28. The van der Waals surface area contributed by atoms with Crippen molar-refractivity contribution in [1.82, 2.24) is 10.6 Å². The molecule has 0 rings (SSSR count). The molecule has 0 unspecified atom stereocenters. The topological polar surface area (TPSA) is 148 Å². The summed E-state index contributed by atoms with van der Waals surface area (Å²) in [5.41, 5.74) is 11.1. The first kappa shape index (κ1) is 21.7. The van der Waals surface area contributed by atoms with Crippen molar-refractivity contribution in [2.24, 2.45) is 11.5 Å². The van der Waals surface area contributed by atoms with E-state index in [1.807, 2.05) is 6.26 Å². The molecule has 0 aliphatic rings. The van der Waals surface area contributed by atoms with Crippen LogP contribution in [0.2, 0.25) is 0 Å². The van der Waals surface area contributed by atoms with Gasteiger partial charge in [0.15, 0.2) is 0 Å². The van der Waals surface area contributed by atoms with Crippen LogP contribution in [0.1, 0.15) is 32.6 Å². The van der Waals surface area contributed by atoms with Gasteiger partial charge < -0.3 is 27.2 Å². The molecule has 8 nitrogen and oxygen atoms in total. The van der Waals surface area contributed by atoms with E-state index in [0.717, 1.165) is 12.8 Å². The van der Waals surface area contributed by atoms with Crippen molar-refractivity contribution >= 4 is 29.5 Å². The molecule has 9 heteroatoms. The maximum Gasteiger partial charge on any atom is 0.326 e. The molecule has 0 aliphatic carbocycles. The van der Waals surface area contributed by atoms with Crippen LogP contribution in [-0.2, 0) is 14.4 Å². The first-order valence-electron chi connectivity index (χ1n) is 7.61. The van der Waals surface area contributed by atoms with E-state index in [1.165, 1.54) is 18.7 Å². The second-order valence-corrected chi connectivity index (χ2v) is 6.29. The van der Waals surface area contributed by atoms with Crippen molar-refractivity contribution in [1.29, 1.82) is 0 Å². The predicted molar refractivity (Wildman–Crippen MR) is 91.1 cm³/mol. The fourth-order valence-corrected chi connectivity index (χ4v) is 2.29. The van der Waals surface area contributed by atoms with Gasteiger partial charge in [0.2, 0.25) is 11.8 Å². The maximum atomic E-state index is 12.0. The summed E-state index contributed by atoms with van der Waals surface area (Å²) in [4.78, 5) is 35.0. The van der Waals surface area contributed by atoms with E-state index in [1.54, 1.807) is 0 Å². The number of rotatable bonds is 12. The highest BCUT2D eigenvalue weighted by molar-refractivity contribution is 7.98. The second kappa shape index (κ2) is 12.1. The largest absolute Gasteiger partial charge is 0.480 e. The fourth-order valence-electron chi connectivity index (χ4n) is 1.82. The number of carbonyl (C=O) groups is 3. The zero-order chi connectivity index (χ0) is 17.8. The summed E-state index contributed by atoms with van der Waals surface area (Å²) in [7, 11) is 0. The average Bonchev–Trinajstić information content (AvgIpc) is 2.50. The lowest BCUT2D eigenvalue weighted by molar-refractivity contribution is -0.142. The first-order chi connectivity index (χ1) is 10.8. The van der Waals surface area contributed by atoms with Gasteiger partial charge in [0.1, 0.15) is 12.1 Å². The Hall–Kier alpha value is -1.32. The van der Waals surface area contributed by atoms with Crippen molar-refractivity contribution < 1.29 is 19.5 Å². The smallest absolute Gasteiger partial charge is 0.326 e. The van der Waals surface area contributed by atoms with Gasteiger partial charge in [0.05, 0.1) is 6.04 Å². The number of hydrogen-bond donors (Lipinski definition) is 5. The lowest BCUT2D eigenvalue weighted by Gasteiger charge is -2.20. The van der Waals surface area contributed by atoms with E-state index in [2.05, 4.69) is 10.6 Å². The Morgan fingerprint density at radius 1 is 1.13 bits per heavy atom. The molecule has 0 aromatic carbocycles. The lowest BCUT2D eigenvalue weighted by atomic mass is 10.1. The highest BCUT2D eigenvalue weighted by atomic mass is 32.2. The lowest BCUT2D eigenvalue weighted by Crippen LogP contribution is -2.53. The number of aliphatic carboxylic acids is 1. The van der Waals surface area contributed by atoms with Crippen LogP contribution < -0.4 is 22.1 Å². The number of carboxylic acid groups (broad SMARTS) is 1. The molecule has 7 N–H and O–H groups in total. The Morgan fingerprint density at radius 2 is 1.78 bits per heavy atom. The number of thioether (sulfide) groups is 1. The molecule has 0 fully saturated rings. The van der Waals surface area contributed by atoms with Gasteiger partial charge in [-0.3, -0.25) is 9.59 Å². The van der Waals surface area contributed by atoms with E-state index < -0.39 is 35.9 Å². The average molecular weight is 348 g/mol. The van der Waals surface area contributed by atoms with Crippen molar-refractivity contribution in [3.63, 3.8) is 0 Å². The quantitative estimate of drug-likeness (QED) is 0.292. The Labute approximate surface area is 141 Å². The predicted octanol–water partition coefficient (Wildman–Crippen LogP) is -0.730. The minimum absolute atomic E-state index is 0.321. The summed E-state index contributed by atoms with van der Waals surface area (Å²) in [6, 6.07) is -2.52. The summed E-state index contributed by atoms with van der Waals surface area (Å²) in [5.74, 6) is -1.45. The zero-order valence-electron chi connectivity index (χ0n) is 13.7. The van der Waals surface area contributed by atoms with Gasteiger partial charge in [-0.1, -0.05) is 6.42 Å². The molecular weight excluding hydrogens is 320 g/mol. The van der Waals surface area contributed by atoms with E-state index in [0.29, 0.717) is 25.1 Å². The molecule has 0 bridgehead atoms. The summed E-state index contributed by atoms with van der Waals surface area (Å²) < 4.78 is 0. The fraction of sp³-hybridized carbons (Fsp3) is 0.786. The number of amides is 2. The normalized spacial score (nSPS) is 14.6. The SMILES string of the molecule is CSCC[C@H](NC(=O)[C@H](C)NC(=O)[C@@H](N)CCCCN)C(=O)O. The first-order valence-corrected chi connectivity index (χ1v) is 9.01. The van der Waals surface area contributed by atoms with E-state index in [4.69, 9.17) is 16.6 Å². The number of carboxylic acids is 1. The number of hydrogen-bond acceptors (Lipinski definition) is 6. The molecule has 23 heavy (non-hydrogen) atoms. The monoisotopic (exact) mass is 348 g/mol. The zero-order valence-corrected chi connectivity index (χ0v) is 14.5. The van der Waals surface area contributed by atoms with Gasteiger partial charge in [-0.25, -0.2) is 4.79 Å². The Balaban J connectivity index is 4.36. The highest BCUT2D eigenvalue weighted by Gasteiger charge is 2.24. The van der Waals surface area contributed by atoms with Crippen LogP contribution in [-0.4, -0.2) is 59.6 Å². The molecule has 0 spiro atoms. The Kier molecular flexibility index (Phi) is 11.4. The van der Waals surface area contributed by atoms with Crippen LogP contribution in [0, 0.1) is 0 Å². The van der Waals surface area contributed by atoms with Crippen LogP contribution in [0.3, 0.4) is 0 Å². The molecule has 0 saturated carbocycles. The van der Waals surface area contributed by atoms with Gasteiger partial charge >= 0.3 is 5.97 Å². The standard InChI is InChI=1S/C14H28N4O4S/c1-9(17-13(20)10(16)5-3-4-7-15)12(19)18-11(14(21)22)6-8-23-2/h9-11H,3-8,15-16H2,1-2H3,(H,17,20)(H,18,19)(H,21,22)/t9-,10-,11-/m0/s1. The van der Waals surface area contributed by atoms with Crippen LogP contribution in [0.4, 0.5) is 0 Å². The van der Waals surface area contributed by atoms with Gasteiger partial charge in [-0.15, -0.1) is 0 Å². The number of carbonyl (C=O) groups excluding carboxylic acids is 2. The van der Waals surface area contributed by atoms with Crippen LogP contribution in [0.15, 0.2) is 0 Å². The van der Waals surface area contributed by atoms with Crippen molar-refractivity contribution in [2.45, 2.75) is 50.7 Å². The molecule has 0 heterocycles. The van der Waals surface area contributed by atoms with Crippen molar-refractivity contribution in [3.8, 4) is 0 Å².